The van der Waals surface area contributed by atoms with Crippen LogP contribution in [0.1, 0.15) is 31.0 Å². The van der Waals surface area contributed by atoms with Crippen molar-refractivity contribution in [1.29, 1.82) is 0 Å². The first kappa shape index (κ1) is 15.9. The van der Waals surface area contributed by atoms with Gasteiger partial charge in [-0.25, -0.2) is 0 Å². The van der Waals surface area contributed by atoms with E-state index < -0.39 is 0 Å². The van der Waals surface area contributed by atoms with Gasteiger partial charge in [-0.15, -0.1) is 0 Å². The second kappa shape index (κ2) is 7.48. The maximum atomic E-state index is 5.35. The third kappa shape index (κ3) is 4.22. The summed E-state index contributed by atoms with van der Waals surface area (Å²) in [5, 5.41) is 7.94. The molecule has 3 nitrogen and oxygen atoms in total. The maximum Gasteiger partial charge on any atom is 0.160 e. The molecule has 1 heterocycles. The molecule has 0 radical (unpaired) electrons. The zero-order valence-corrected chi connectivity index (χ0v) is 13.9. The Balaban J connectivity index is 1.97. The van der Waals surface area contributed by atoms with Crippen LogP contribution in [-0.4, -0.2) is 20.3 Å². The summed E-state index contributed by atoms with van der Waals surface area (Å²) in [6, 6.07) is 9.03. The van der Waals surface area contributed by atoms with Gasteiger partial charge in [0.1, 0.15) is 0 Å². The molecule has 0 saturated heterocycles. The van der Waals surface area contributed by atoms with E-state index in [1.54, 1.807) is 25.6 Å². The fourth-order valence-corrected chi connectivity index (χ4v) is 3.22. The predicted octanol–water partition coefficient (Wildman–Crippen LogP) is 4.05. The van der Waals surface area contributed by atoms with Crippen LogP contribution >= 0.6 is 11.3 Å². The number of thiophene rings is 1. The van der Waals surface area contributed by atoms with Crippen LogP contribution in [0.3, 0.4) is 0 Å². The van der Waals surface area contributed by atoms with Crippen LogP contribution in [0.5, 0.6) is 11.5 Å². The molecule has 1 N–H and O–H groups in total. The van der Waals surface area contributed by atoms with Gasteiger partial charge in [-0.2, -0.15) is 11.3 Å². The number of benzene rings is 1. The van der Waals surface area contributed by atoms with Crippen molar-refractivity contribution in [2.45, 2.75) is 32.4 Å². The van der Waals surface area contributed by atoms with Crippen LogP contribution in [0, 0.1) is 0 Å². The summed E-state index contributed by atoms with van der Waals surface area (Å²) < 4.78 is 10.6. The number of ether oxygens (including phenoxy) is 2. The molecule has 2 atom stereocenters. The minimum atomic E-state index is 0.367. The minimum Gasteiger partial charge on any atom is -0.493 e. The first-order valence-corrected chi connectivity index (χ1v) is 8.07. The number of hydrogen-bond acceptors (Lipinski definition) is 4. The average Bonchev–Trinajstić information content (AvgIpc) is 3.01. The zero-order chi connectivity index (χ0) is 15.2. The lowest BCUT2D eigenvalue weighted by molar-refractivity contribution is 0.354. The SMILES string of the molecule is COc1ccc(CC(C)NC(C)c2ccsc2)cc1OC. The molecule has 21 heavy (non-hydrogen) atoms. The Kier molecular flexibility index (Phi) is 5.65. The average molecular weight is 305 g/mol. The Hall–Kier alpha value is -1.52. The van der Waals surface area contributed by atoms with Gasteiger partial charge in [0.2, 0.25) is 0 Å². The van der Waals surface area contributed by atoms with Crippen molar-refractivity contribution in [3.63, 3.8) is 0 Å². The van der Waals surface area contributed by atoms with E-state index in [0.29, 0.717) is 12.1 Å². The molecular formula is C17H23NO2S. The molecule has 2 rings (SSSR count). The summed E-state index contributed by atoms with van der Waals surface area (Å²) in [7, 11) is 3.33. The summed E-state index contributed by atoms with van der Waals surface area (Å²) in [4.78, 5) is 0. The van der Waals surface area contributed by atoms with Crippen LogP contribution in [0.4, 0.5) is 0 Å². The van der Waals surface area contributed by atoms with Crippen LogP contribution in [0.25, 0.3) is 0 Å². The lowest BCUT2D eigenvalue weighted by Crippen LogP contribution is -2.30. The molecule has 2 aromatic rings. The normalized spacial score (nSPS) is 13.7. The topological polar surface area (TPSA) is 30.5 Å². The molecule has 2 unspecified atom stereocenters. The third-order valence-electron chi connectivity index (χ3n) is 3.57. The monoisotopic (exact) mass is 305 g/mol. The van der Waals surface area contributed by atoms with Gasteiger partial charge in [0.25, 0.3) is 0 Å². The zero-order valence-electron chi connectivity index (χ0n) is 13.1. The molecule has 4 heteroatoms. The van der Waals surface area contributed by atoms with E-state index in [1.807, 2.05) is 12.1 Å². The molecule has 0 saturated carbocycles. The molecule has 114 valence electrons. The molecule has 0 fully saturated rings. The van der Waals surface area contributed by atoms with Gasteiger partial charge in [-0.1, -0.05) is 6.07 Å². The fourth-order valence-electron chi connectivity index (χ4n) is 2.46. The lowest BCUT2D eigenvalue weighted by Gasteiger charge is -2.20. The number of nitrogens with one attached hydrogen (secondary N) is 1. The van der Waals surface area contributed by atoms with Crippen LogP contribution in [-0.2, 0) is 6.42 Å². The van der Waals surface area contributed by atoms with Gasteiger partial charge in [-0.05, 0) is 60.4 Å². The molecular weight excluding hydrogens is 282 g/mol. The highest BCUT2D eigenvalue weighted by atomic mass is 32.1. The van der Waals surface area contributed by atoms with Crippen molar-refractivity contribution in [3.8, 4) is 11.5 Å². The largest absolute Gasteiger partial charge is 0.493 e. The lowest BCUT2D eigenvalue weighted by atomic mass is 10.0. The molecule has 0 spiro atoms. The molecule has 1 aromatic carbocycles. The van der Waals surface area contributed by atoms with Gasteiger partial charge in [0, 0.05) is 12.1 Å². The Morgan fingerprint density at radius 2 is 1.86 bits per heavy atom. The Labute approximate surface area is 130 Å². The number of hydrogen-bond donors (Lipinski definition) is 1. The van der Waals surface area contributed by atoms with E-state index in [9.17, 15) is 0 Å². The van der Waals surface area contributed by atoms with Gasteiger partial charge < -0.3 is 14.8 Å². The predicted molar refractivity (Wildman–Crippen MR) is 88.6 cm³/mol. The second-order valence-electron chi connectivity index (χ2n) is 5.24. The van der Waals surface area contributed by atoms with Crippen molar-refractivity contribution in [2.75, 3.05) is 14.2 Å². The molecule has 0 amide bonds. The Morgan fingerprint density at radius 1 is 1.10 bits per heavy atom. The van der Waals surface area contributed by atoms with Crippen LogP contribution < -0.4 is 14.8 Å². The smallest absolute Gasteiger partial charge is 0.160 e. The van der Waals surface area contributed by atoms with E-state index >= 15 is 0 Å². The highest BCUT2D eigenvalue weighted by Gasteiger charge is 2.12. The second-order valence-corrected chi connectivity index (χ2v) is 6.02. The van der Waals surface area contributed by atoms with Crippen molar-refractivity contribution < 1.29 is 9.47 Å². The van der Waals surface area contributed by atoms with Crippen molar-refractivity contribution in [3.05, 3.63) is 46.2 Å². The van der Waals surface area contributed by atoms with Crippen molar-refractivity contribution in [2.24, 2.45) is 0 Å². The van der Waals surface area contributed by atoms with E-state index in [0.717, 1.165) is 17.9 Å². The summed E-state index contributed by atoms with van der Waals surface area (Å²) in [6.07, 6.45) is 0.953. The van der Waals surface area contributed by atoms with Gasteiger partial charge in [0.05, 0.1) is 14.2 Å². The third-order valence-corrected chi connectivity index (χ3v) is 4.27. The van der Waals surface area contributed by atoms with Gasteiger partial charge >= 0.3 is 0 Å². The first-order valence-electron chi connectivity index (χ1n) is 7.13. The standard InChI is InChI=1S/C17H23NO2S/c1-12(18-13(2)15-7-8-21-11-15)9-14-5-6-16(19-3)17(10-14)20-4/h5-8,10-13,18H,9H2,1-4H3. The van der Waals surface area contributed by atoms with E-state index in [4.69, 9.17) is 9.47 Å². The molecule has 0 aliphatic carbocycles. The van der Waals surface area contributed by atoms with Crippen molar-refractivity contribution >= 4 is 11.3 Å². The Morgan fingerprint density at radius 3 is 2.48 bits per heavy atom. The first-order chi connectivity index (χ1) is 10.1. The minimum absolute atomic E-state index is 0.367. The van der Waals surface area contributed by atoms with Gasteiger partial charge in [-0.3, -0.25) is 0 Å². The van der Waals surface area contributed by atoms with E-state index in [-0.39, 0.29) is 0 Å². The summed E-state index contributed by atoms with van der Waals surface area (Å²) in [6.45, 7) is 4.41. The Bertz CT molecular complexity index is 554. The van der Waals surface area contributed by atoms with Crippen LogP contribution in [0.2, 0.25) is 0 Å². The van der Waals surface area contributed by atoms with E-state index in [2.05, 4.69) is 42.1 Å². The quantitative estimate of drug-likeness (QED) is 0.837. The molecule has 0 aliphatic heterocycles. The molecule has 1 aromatic heterocycles. The maximum absolute atomic E-state index is 5.35. The number of rotatable bonds is 7. The van der Waals surface area contributed by atoms with Crippen LogP contribution in [0.15, 0.2) is 35.0 Å². The number of methoxy groups -OCH3 is 2. The van der Waals surface area contributed by atoms with Gasteiger partial charge in [0.15, 0.2) is 11.5 Å². The highest BCUT2D eigenvalue weighted by Crippen LogP contribution is 2.28. The molecule has 0 bridgehead atoms. The summed E-state index contributed by atoms with van der Waals surface area (Å²) in [5.74, 6) is 1.56. The summed E-state index contributed by atoms with van der Waals surface area (Å²) >= 11 is 1.74. The summed E-state index contributed by atoms with van der Waals surface area (Å²) in [5.41, 5.74) is 2.59. The van der Waals surface area contributed by atoms with E-state index in [1.165, 1.54) is 11.1 Å². The van der Waals surface area contributed by atoms with Crippen molar-refractivity contribution in [1.82, 2.24) is 5.32 Å². The fraction of sp³-hybridized carbons (Fsp3) is 0.412. The highest BCUT2D eigenvalue weighted by molar-refractivity contribution is 7.07. The molecule has 0 aliphatic rings.